The predicted octanol–water partition coefficient (Wildman–Crippen LogP) is 4.31. The molecule has 1 aromatic heterocycles. The van der Waals surface area contributed by atoms with Gasteiger partial charge in [-0.15, -0.1) is 0 Å². The second-order valence-corrected chi connectivity index (χ2v) is 7.20. The van der Waals surface area contributed by atoms with E-state index in [1.807, 2.05) is 6.20 Å². The van der Waals surface area contributed by atoms with Crippen LogP contribution in [0, 0.1) is 11.8 Å². The Balaban J connectivity index is 1.79. The average Bonchev–Trinajstić information content (AvgIpc) is 2.92. The summed E-state index contributed by atoms with van der Waals surface area (Å²) in [5, 5.41) is 3.90. The van der Waals surface area contributed by atoms with Crippen molar-refractivity contribution in [1.82, 2.24) is 10.3 Å². The number of hydrogen-bond donors (Lipinski definition) is 1. The molecule has 2 nitrogen and oxygen atoms in total. The maximum absolute atomic E-state index is 4.74. The summed E-state index contributed by atoms with van der Waals surface area (Å²) in [7, 11) is 0. The van der Waals surface area contributed by atoms with Gasteiger partial charge in [0, 0.05) is 23.9 Å². The van der Waals surface area contributed by atoms with E-state index in [1.54, 1.807) is 0 Å². The summed E-state index contributed by atoms with van der Waals surface area (Å²) in [5.41, 5.74) is 2.89. The van der Waals surface area contributed by atoms with Crippen molar-refractivity contribution in [2.45, 2.75) is 70.8 Å². The summed E-state index contributed by atoms with van der Waals surface area (Å²) >= 11 is 0. The molecule has 4 atom stereocenters. The molecule has 21 heavy (non-hydrogen) atoms. The van der Waals surface area contributed by atoms with Crippen LogP contribution in [0.15, 0.2) is 18.3 Å². The first-order valence-electron chi connectivity index (χ1n) is 8.96. The quantitative estimate of drug-likeness (QED) is 0.872. The van der Waals surface area contributed by atoms with Crippen LogP contribution in [-0.4, -0.2) is 17.6 Å². The highest BCUT2D eigenvalue weighted by Gasteiger charge is 2.36. The monoisotopic (exact) mass is 286 g/mol. The molecule has 1 heterocycles. The van der Waals surface area contributed by atoms with Crippen LogP contribution in [0.2, 0.25) is 0 Å². The fourth-order valence-electron chi connectivity index (χ4n) is 4.55. The number of fused-ring (bicyclic) bond motifs is 1. The molecule has 1 fully saturated rings. The molecule has 0 spiro atoms. The van der Waals surface area contributed by atoms with E-state index < -0.39 is 0 Å². The standard InChI is InChI=1S/C19H30N2/c1-3-11-20-19(16-7-4-6-14(2)13-16)17-10-9-15-8-5-12-21-18(15)17/h5,8,12,14,16-17,19-20H,3-4,6-7,9-11,13H2,1-2H3. The van der Waals surface area contributed by atoms with Gasteiger partial charge in [-0.3, -0.25) is 4.98 Å². The van der Waals surface area contributed by atoms with Gasteiger partial charge in [0.05, 0.1) is 0 Å². The van der Waals surface area contributed by atoms with E-state index in [1.165, 1.54) is 56.2 Å². The molecule has 0 radical (unpaired) electrons. The van der Waals surface area contributed by atoms with Crippen molar-refractivity contribution >= 4 is 0 Å². The van der Waals surface area contributed by atoms with Gasteiger partial charge in [0.2, 0.25) is 0 Å². The second kappa shape index (κ2) is 6.91. The summed E-state index contributed by atoms with van der Waals surface area (Å²) in [4.78, 5) is 4.74. The maximum Gasteiger partial charge on any atom is 0.0482 e. The fourth-order valence-corrected chi connectivity index (χ4v) is 4.55. The zero-order valence-corrected chi connectivity index (χ0v) is 13.6. The number of rotatable bonds is 5. The molecule has 0 amide bonds. The van der Waals surface area contributed by atoms with Gasteiger partial charge in [-0.1, -0.05) is 32.8 Å². The van der Waals surface area contributed by atoms with E-state index in [9.17, 15) is 0 Å². The fraction of sp³-hybridized carbons (Fsp3) is 0.737. The highest BCUT2D eigenvalue weighted by Crippen LogP contribution is 2.41. The van der Waals surface area contributed by atoms with Gasteiger partial charge in [-0.25, -0.2) is 0 Å². The third kappa shape index (κ3) is 3.31. The average molecular weight is 286 g/mol. The molecule has 0 aromatic carbocycles. The number of hydrogen-bond acceptors (Lipinski definition) is 2. The number of pyridine rings is 1. The highest BCUT2D eigenvalue weighted by atomic mass is 14.9. The Morgan fingerprint density at radius 3 is 3.05 bits per heavy atom. The van der Waals surface area contributed by atoms with Gasteiger partial charge < -0.3 is 5.32 Å². The van der Waals surface area contributed by atoms with Gasteiger partial charge in [0.25, 0.3) is 0 Å². The first-order chi connectivity index (χ1) is 10.3. The lowest BCUT2D eigenvalue weighted by Crippen LogP contribution is -2.43. The minimum Gasteiger partial charge on any atom is -0.313 e. The smallest absolute Gasteiger partial charge is 0.0482 e. The summed E-state index contributed by atoms with van der Waals surface area (Å²) in [5.74, 6) is 2.39. The van der Waals surface area contributed by atoms with E-state index in [0.29, 0.717) is 12.0 Å². The topological polar surface area (TPSA) is 24.9 Å². The minimum absolute atomic E-state index is 0.642. The largest absolute Gasteiger partial charge is 0.313 e. The Labute approximate surface area is 129 Å². The van der Waals surface area contributed by atoms with Crippen molar-refractivity contribution in [3.63, 3.8) is 0 Å². The summed E-state index contributed by atoms with van der Waals surface area (Å²) < 4.78 is 0. The van der Waals surface area contributed by atoms with Crippen LogP contribution < -0.4 is 5.32 Å². The van der Waals surface area contributed by atoms with Crippen molar-refractivity contribution in [2.24, 2.45) is 11.8 Å². The van der Waals surface area contributed by atoms with Crippen LogP contribution in [0.3, 0.4) is 0 Å². The molecule has 0 saturated heterocycles. The van der Waals surface area contributed by atoms with Gasteiger partial charge in [0.15, 0.2) is 0 Å². The Kier molecular flexibility index (Phi) is 4.95. The minimum atomic E-state index is 0.642. The first kappa shape index (κ1) is 15.0. The molecule has 0 aliphatic heterocycles. The molecule has 2 heteroatoms. The Hall–Kier alpha value is -0.890. The summed E-state index contributed by atoms with van der Waals surface area (Å²) in [6, 6.07) is 5.02. The van der Waals surface area contributed by atoms with E-state index in [0.717, 1.165) is 18.4 Å². The van der Waals surface area contributed by atoms with Crippen LogP contribution in [-0.2, 0) is 6.42 Å². The molecule has 116 valence electrons. The van der Waals surface area contributed by atoms with E-state index in [4.69, 9.17) is 4.98 Å². The van der Waals surface area contributed by atoms with Crippen LogP contribution in [0.25, 0.3) is 0 Å². The Morgan fingerprint density at radius 1 is 1.33 bits per heavy atom. The predicted molar refractivity (Wildman–Crippen MR) is 88.5 cm³/mol. The van der Waals surface area contributed by atoms with E-state index >= 15 is 0 Å². The number of nitrogens with zero attached hydrogens (tertiary/aromatic N) is 1. The second-order valence-electron chi connectivity index (χ2n) is 7.20. The lowest BCUT2D eigenvalue weighted by atomic mass is 9.74. The van der Waals surface area contributed by atoms with Crippen LogP contribution in [0.4, 0.5) is 0 Å². The number of aromatic nitrogens is 1. The zero-order chi connectivity index (χ0) is 14.7. The van der Waals surface area contributed by atoms with Gasteiger partial charge >= 0.3 is 0 Å². The van der Waals surface area contributed by atoms with Gasteiger partial charge in [-0.2, -0.15) is 0 Å². The van der Waals surface area contributed by atoms with Crippen molar-refractivity contribution in [2.75, 3.05) is 6.54 Å². The van der Waals surface area contributed by atoms with Crippen molar-refractivity contribution in [1.29, 1.82) is 0 Å². The number of aryl methyl sites for hydroxylation is 1. The molecule has 1 saturated carbocycles. The lowest BCUT2D eigenvalue weighted by molar-refractivity contribution is 0.200. The van der Waals surface area contributed by atoms with Gasteiger partial charge in [0.1, 0.15) is 0 Å². The van der Waals surface area contributed by atoms with Crippen LogP contribution in [0.1, 0.15) is 69.5 Å². The van der Waals surface area contributed by atoms with Gasteiger partial charge in [-0.05, 0) is 62.1 Å². The van der Waals surface area contributed by atoms with E-state index in [2.05, 4.69) is 31.3 Å². The molecule has 1 N–H and O–H groups in total. The zero-order valence-electron chi connectivity index (χ0n) is 13.6. The Bertz CT molecular complexity index is 457. The molecular formula is C19H30N2. The maximum atomic E-state index is 4.74. The molecule has 2 aliphatic rings. The SMILES string of the molecule is CCCNC(C1CCCC(C)C1)C1CCc2cccnc21. The molecule has 0 bridgehead atoms. The van der Waals surface area contributed by atoms with Crippen LogP contribution in [0.5, 0.6) is 0 Å². The molecular weight excluding hydrogens is 256 g/mol. The van der Waals surface area contributed by atoms with E-state index in [-0.39, 0.29) is 0 Å². The Morgan fingerprint density at radius 2 is 2.24 bits per heavy atom. The van der Waals surface area contributed by atoms with Crippen molar-refractivity contribution < 1.29 is 0 Å². The summed E-state index contributed by atoms with van der Waals surface area (Å²) in [6.07, 6.45) is 11.4. The molecule has 3 rings (SSSR count). The summed E-state index contributed by atoms with van der Waals surface area (Å²) in [6.45, 7) is 5.85. The third-order valence-electron chi connectivity index (χ3n) is 5.55. The lowest BCUT2D eigenvalue weighted by Gasteiger charge is -2.37. The van der Waals surface area contributed by atoms with Crippen molar-refractivity contribution in [3.8, 4) is 0 Å². The molecule has 2 aliphatic carbocycles. The van der Waals surface area contributed by atoms with Crippen LogP contribution >= 0.6 is 0 Å². The highest BCUT2D eigenvalue weighted by molar-refractivity contribution is 5.30. The molecule has 4 unspecified atom stereocenters. The molecule has 1 aromatic rings. The third-order valence-corrected chi connectivity index (χ3v) is 5.55. The first-order valence-corrected chi connectivity index (χ1v) is 8.96. The normalized spacial score (nSPS) is 30.1. The number of nitrogens with one attached hydrogen (secondary N) is 1. The van der Waals surface area contributed by atoms with Crippen molar-refractivity contribution in [3.05, 3.63) is 29.6 Å².